The second-order valence-corrected chi connectivity index (χ2v) is 1.07. The van der Waals surface area contributed by atoms with E-state index in [1.165, 1.54) is 6.92 Å². The van der Waals surface area contributed by atoms with E-state index in [-0.39, 0.29) is 6.61 Å². The highest BCUT2D eigenvalue weighted by atomic mass is 16.6. The summed E-state index contributed by atoms with van der Waals surface area (Å²) < 4.78 is 4.39. The van der Waals surface area contributed by atoms with Crippen LogP contribution in [0.1, 0.15) is 6.92 Å². The zero-order chi connectivity index (χ0) is 5.70. The van der Waals surface area contributed by atoms with Crippen molar-refractivity contribution < 1.29 is 9.84 Å². The van der Waals surface area contributed by atoms with Crippen molar-refractivity contribution in [2.24, 2.45) is 0 Å². The molecule has 3 nitrogen and oxygen atoms in total. The van der Waals surface area contributed by atoms with Crippen LogP contribution in [0, 0.1) is 11.3 Å². The lowest BCUT2D eigenvalue weighted by Crippen LogP contribution is -2.05. The standard InChI is InChI=1S/C4H7NO2/c1-4(6)7-3-2-5/h4,6H,3H2,1H3. The van der Waals surface area contributed by atoms with E-state index in [4.69, 9.17) is 10.4 Å². The summed E-state index contributed by atoms with van der Waals surface area (Å²) in [6.45, 7) is 1.41. The van der Waals surface area contributed by atoms with Gasteiger partial charge < -0.3 is 9.84 Å². The van der Waals surface area contributed by atoms with E-state index < -0.39 is 6.29 Å². The van der Waals surface area contributed by atoms with E-state index in [1.807, 2.05) is 0 Å². The van der Waals surface area contributed by atoms with E-state index in [1.54, 1.807) is 6.07 Å². The Morgan fingerprint density at radius 1 is 2.00 bits per heavy atom. The second kappa shape index (κ2) is 3.59. The highest BCUT2D eigenvalue weighted by molar-refractivity contribution is 4.65. The van der Waals surface area contributed by atoms with Gasteiger partial charge in [0.25, 0.3) is 0 Å². The minimum Gasteiger partial charge on any atom is -0.368 e. The van der Waals surface area contributed by atoms with Gasteiger partial charge in [-0.05, 0) is 6.92 Å². The monoisotopic (exact) mass is 101 g/mol. The Bertz CT molecular complexity index is 74.2. The van der Waals surface area contributed by atoms with Crippen LogP contribution in [0.15, 0.2) is 0 Å². The van der Waals surface area contributed by atoms with Crippen molar-refractivity contribution in [3.63, 3.8) is 0 Å². The Balaban J connectivity index is 2.86. The third kappa shape index (κ3) is 5.41. The summed E-state index contributed by atoms with van der Waals surface area (Å²) in [4.78, 5) is 0. The van der Waals surface area contributed by atoms with Crippen LogP contribution in [0.2, 0.25) is 0 Å². The number of nitriles is 1. The molecule has 0 aromatic rings. The fourth-order valence-corrected chi connectivity index (χ4v) is 0.158. The lowest BCUT2D eigenvalue weighted by atomic mass is 10.7. The summed E-state index contributed by atoms with van der Waals surface area (Å²) in [6, 6.07) is 1.72. The van der Waals surface area contributed by atoms with E-state index >= 15 is 0 Å². The Morgan fingerprint density at radius 3 is 2.71 bits per heavy atom. The number of aliphatic hydroxyl groups is 1. The van der Waals surface area contributed by atoms with E-state index in [9.17, 15) is 0 Å². The van der Waals surface area contributed by atoms with E-state index in [2.05, 4.69) is 4.74 Å². The van der Waals surface area contributed by atoms with Gasteiger partial charge in [-0.3, -0.25) is 0 Å². The topological polar surface area (TPSA) is 53.2 Å². The Morgan fingerprint density at radius 2 is 2.57 bits per heavy atom. The van der Waals surface area contributed by atoms with Crippen molar-refractivity contribution in [1.82, 2.24) is 0 Å². The zero-order valence-corrected chi connectivity index (χ0v) is 4.09. The third-order valence-corrected chi connectivity index (χ3v) is 0.389. The third-order valence-electron chi connectivity index (χ3n) is 0.389. The first-order chi connectivity index (χ1) is 3.27. The van der Waals surface area contributed by atoms with Gasteiger partial charge in [0.1, 0.15) is 6.61 Å². The van der Waals surface area contributed by atoms with Crippen LogP contribution in [0.3, 0.4) is 0 Å². The molecule has 7 heavy (non-hydrogen) atoms. The van der Waals surface area contributed by atoms with Crippen molar-refractivity contribution in [3.05, 3.63) is 0 Å². The Labute approximate surface area is 42.1 Å². The first kappa shape index (κ1) is 6.41. The van der Waals surface area contributed by atoms with Crippen molar-refractivity contribution in [3.8, 4) is 6.07 Å². The highest BCUT2D eigenvalue weighted by Crippen LogP contribution is 1.79. The van der Waals surface area contributed by atoms with Gasteiger partial charge in [0.05, 0.1) is 6.07 Å². The molecule has 40 valence electrons. The Hall–Kier alpha value is -0.590. The molecule has 0 saturated carbocycles. The largest absolute Gasteiger partial charge is 0.368 e. The molecule has 0 saturated heterocycles. The van der Waals surface area contributed by atoms with Crippen LogP contribution < -0.4 is 0 Å². The molecule has 0 aliphatic rings. The van der Waals surface area contributed by atoms with E-state index in [0.29, 0.717) is 0 Å². The summed E-state index contributed by atoms with van der Waals surface area (Å²) in [6.07, 6.45) is -0.820. The molecule has 0 aromatic carbocycles. The number of rotatable bonds is 2. The first-order valence-corrected chi connectivity index (χ1v) is 1.94. The molecule has 0 aliphatic heterocycles. The van der Waals surface area contributed by atoms with Gasteiger partial charge in [-0.2, -0.15) is 5.26 Å². The van der Waals surface area contributed by atoms with Gasteiger partial charge in [0.2, 0.25) is 0 Å². The molecular weight excluding hydrogens is 94.0 g/mol. The van der Waals surface area contributed by atoms with E-state index in [0.717, 1.165) is 0 Å². The molecule has 0 aromatic heterocycles. The number of aliphatic hydroxyl groups excluding tert-OH is 1. The quantitative estimate of drug-likeness (QED) is 0.493. The minimum atomic E-state index is -0.820. The molecule has 0 fully saturated rings. The smallest absolute Gasteiger partial charge is 0.153 e. The summed E-state index contributed by atoms with van der Waals surface area (Å²) in [5, 5.41) is 16.1. The van der Waals surface area contributed by atoms with Gasteiger partial charge in [-0.15, -0.1) is 0 Å². The summed E-state index contributed by atoms with van der Waals surface area (Å²) in [7, 11) is 0. The molecule has 0 heterocycles. The molecule has 0 amide bonds. The fourth-order valence-electron chi connectivity index (χ4n) is 0.158. The minimum absolute atomic E-state index is 0.0440. The molecule has 1 atom stereocenters. The predicted octanol–water partition coefficient (Wildman–Crippen LogP) is -0.135. The van der Waals surface area contributed by atoms with Gasteiger partial charge in [-0.25, -0.2) is 0 Å². The maximum Gasteiger partial charge on any atom is 0.153 e. The SMILES string of the molecule is CC(O)OCC#N. The number of nitrogens with zero attached hydrogens (tertiary/aromatic N) is 1. The molecule has 0 rings (SSSR count). The molecule has 0 bridgehead atoms. The normalized spacial score (nSPS) is 12.7. The molecule has 0 aliphatic carbocycles. The van der Waals surface area contributed by atoms with Crippen LogP contribution in [-0.2, 0) is 4.74 Å². The van der Waals surface area contributed by atoms with Gasteiger partial charge in [-0.1, -0.05) is 0 Å². The van der Waals surface area contributed by atoms with Crippen LogP contribution in [0.25, 0.3) is 0 Å². The predicted molar refractivity (Wildman–Crippen MR) is 23.2 cm³/mol. The molecule has 0 radical (unpaired) electrons. The maximum absolute atomic E-state index is 8.31. The Kier molecular flexibility index (Phi) is 3.29. The molecule has 0 spiro atoms. The maximum atomic E-state index is 8.31. The summed E-state index contributed by atoms with van der Waals surface area (Å²) in [5.74, 6) is 0. The van der Waals surface area contributed by atoms with Crippen molar-refractivity contribution in [1.29, 1.82) is 5.26 Å². The van der Waals surface area contributed by atoms with Crippen LogP contribution in [0.5, 0.6) is 0 Å². The van der Waals surface area contributed by atoms with Crippen LogP contribution in [0.4, 0.5) is 0 Å². The lowest BCUT2D eigenvalue weighted by Gasteiger charge is -1.97. The van der Waals surface area contributed by atoms with Crippen LogP contribution >= 0.6 is 0 Å². The van der Waals surface area contributed by atoms with Crippen LogP contribution in [-0.4, -0.2) is 18.0 Å². The summed E-state index contributed by atoms with van der Waals surface area (Å²) in [5.41, 5.74) is 0. The van der Waals surface area contributed by atoms with Gasteiger partial charge in [0, 0.05) is 0 Å². The zero-order valence-electron chi connectivity index (χ0n) is 4.09. The lowest BCUT2D eigenvalue weighted by molar-refractivity contribution is -0.0724. The van der Waals surface area contributed by atoms with Crippen molar-refractivity contribution >= 4 is 0 Å². The summed E-state index contributed by atoms with van der Waals surface area (Å²) >= 11 is 0. The fraction of sp³-hybridized carbons (Fsp3) is 0.750. The molecule has 1 N–H and O–H groups in total. The van der Waals surface area contributed by atoms with Crippen molar-refractivity contribution in [2.45, 2.75) is 13.2 Å². The highest BCUT2D eigenvalue weighted by Gasteiger charge is 1.88. The first-order valence-electron chi connectivity index (χ1n) is 1.94. The average Bonchev–Trinajstić information content (AvgIpc) is 1.61. The average molecular weight is 101 g/mol. The molecular formula is C4H7NO2. The molecule has 3 heteroatoms. The number of hydrogen-bond acceptors (Lipinski definition) is 3. The van der Waals surface area contributed by atoms with Gasteiger partial charge >= 0.3 is 0 Å². The second-order valence-electron chi connectivity index (χ2n) is 1.07. The van der Waals surface area contributed by atoms with Crippen molar-refractivity contribution in [2.75, 3.05) is 6.61 Å². The number of ether oxygens (including phenoxy) is 1. The molecule has 1 unspecified atom stereocenters. The van der Waals surface area contributed by atoms with Gasteiger partial charge in [0.15, 0.2) is 6.29 Å². The number of hydrogen-bond donors (Lipinski definition) is 1.